The summed E-state index contributed by atoms with van der Waals surface area (Å²) in [5, 5.41) is 0. The molecule has 214 valence electrons. The van der Waals surface area contributed by atoms with Crippen LogP contribution in [0.1, 0.15) is 24.5 Å². The normalized spacial score (nSPS) is 11.7. The minimum absolute atomic E-state index is 0.0253. The Balaban J connectivity index is 1.56. The van der Waals surface area contributed by atoms with Crippen molar-refractivity contribution in [3.63, 3.8) is 0 Å². The molecule has 0 bridgehead atoms. The van der Waals surface area contributed by atoms with Gasteiger partial charge in [0, 0.05) is 11.6 Å². The minimum Gasteiger partial charge on any atom is -0.457 e. The van der Waals surface area contributed by atoms with Crippen molar-refractivity contribution in [1.29, 1.82) is 0 Å². The van der Waals surface area contributed by atoms with Gasteiger partial charge < -0.3 is 9.47 Å². The Labute approximate surface area is 230 Å². The fourth-order valence-corrected chi connectivity index (χ4v) is 4.20. The topological polar surface area (TPSA) is 18.5 Å². The van der Waals surface area contributed by atoms with Crippen LogP contribution in [0.4, 0.5) is 35.1 Å². The van der Waals surface area contributed by atoms with Crippen molar-refractivity contribution in [3.8, 4) is 33.8 Å². The van der Waals surface area contributed by atoms with Crippen LogP contribution in [0.5, 0.6) is 11.5 Å². The van der Waals surface area contributed by atoms with E-state index in [1.54, 1.807) is 24.3 Å². The van der Waals surface area contributed by atoms with Crippen molar-refractivity contribution >= 4 is 0 Å². The Morgan fingerprint density at radius 1 is 0.707 bits per heavy atom. The molecule has 41 heavy (non-hydrogen) atoms. The first-order chi connectivity index (χ1) is 19.5. The summed E-state index contributed by atoms with van der Waals surface area (Å²) in [7, 11) is 0. The van der Waals surface area contributed by atoms with E-state index in [9.17, 15) is 35.1 Å². The average Bonchev–Trinajstić information content (AvgIpc) is 2.90. The molecule has 0 unspecified atom stereocenters. The molecule has 0 amide bonds. The lowest BCUT2D eigenvalue weighted by atomic mass is 10.00. The molecule has 4 aromatic carbocycles. The second kappa shape index (κ2) is 12.4. The van der Waals surface area contributed by atoms with Crippen LogP contribution in [0.3, 0.4) is 0 Å². The number of rotatable bonds is 10. The van der Waals surface area contributed by atoms with Gasteiger partial charge in [-0.1, -0.05) is 36.4 Å². The van der Waals surface area contributed by atoms with Crippen molar-refractivity contribution in [2.75, 3.05) is 6.86 Å². The van der Waals surface area contributed by atoms with Crippen LogP contribution in [-0.4, -0.2) is 6.86 Å². The van der Waals surface area contributed by atoms with Gasteiger partial charge in [0.05, 0.1) is 0 Å². The van der Waals surface area contributed by atoms with Crippen LogP contribution < -0.4 is 9.47 Å². The fraction of sp³-hybridized carbons (Fsp3) is 0.161. The molecule has 4 rings (SSSR count). The smallest absolute Gasteiger partial charge is 0.432 e. The first-order valence-corrected chi connectivity index (χ1v) is 12.3. The number of halogens is 8. The third kappa shape index (κ3) is 6.70. The van der Waals surface area contributed by atoms with Gasteiger partial charge in [-0.05, 0) is 78.4 Å². The van der Waals surface area contributed by atoms with E-state index in [2.05, 4.69) is 9.47 Å². The first kappa shape index (κ1) is 29.6. The van der Waals surface area contributed by atoms with Gasteiger partial charge in [0.2, 0.25) is 6.86 Å². The zero-order chi connectivity index (χ0) is 29.7. The largest absolute Gasteiger partial charge is 0.457 e. The molecule has 0 spiro atoms. The number of allylic oxidation sites excluding steroid dienone is 2. The summed E-state index contributed by atoms with van der Waals surface area (Å²) in [5.74, 6) is -8.87. The van der Waals surface area contributed by atoms with Crippen LogP contribution in [0, 0.1) is 29.1 Å². The number of hydrogen-bond donors (Lipinski definition) is 0. The predicted molar refractivity (Wildman–Crippen MR) is 138 cm³/mol. The molecular formula is C31H22F8O2. The van der Waals surface area contributed by atoms with E-state index in [-0.39, 0.29) is 11.1 Å². The standard InChI is InChI=1S/C31H22F8O2/c1-2-3-4-5-18-6-8-19(9-7-18)20-12-25(34)29(26(35)13-20)31(38,39)41-22-10-11-23(24(33)16-22)21-14-27(36)30(40-17-32)28(37)15-21/h2-3,6-16H,4-5,17H2,1H3/b3-2+. The highest BCUT2D eigenvalue weighted by molar-refractivity contribution is 5.67. The van der Waals surface area contributed by atoms with Gasteiger partial charge in [-0.15, -0.1) is 0 Å². The summed E-state index contributed by atoms with van der Waals surface area (Å²) < 4.78 is 123. The van der Waals surface area contributed by atoms with Crippen LogP contribution in [0.25, 0.3) is 22.3 Å². The molecule has 4 aromatic rings. The Morgan fingerprint density at radius 3 is 1.88 bits per heavy atom. The fourth-order valence-electron chi connectivity index (χ4n) is 4.20. The molecule has 0 aliphatic carbocycles. The van der Waals surface area contributed by atoms with Crippen molar-refractivity contribution in [2.24, 2.45) is 0 Å². The van der Waals surface area contributed by atoms with Gasteiger partial charge >= 0.3 is 6.11 Å². The van der Waals surface area contributed by atoms with Crippen molar-refractivity contribution in [2.45, 2.75) is 25.9 Å². The molecule has 2 nitrogen and oxygen atoms in total. The number of benzene rings is 4. The molecule has 10 heteroatoms. The molecule has 0 aliphatic heterocycles. The molecule has 0 saturated carbocycles. The summed E-state index contributed by atoms with van der Waals surface area (Å²) in [6, 6.07) is 11.8. The Bertz CT molecular complexity index is 1520. The van der Waals surface area contributed by atoms with E-state index in [0.717, 1.165) is 42.7 Å². The quantitative estimate of drug-likeness (QED) is 0.138. The van der Waals surface area contributed by atoms with Gasteiger partial charge in [0.15, 0.2) is 17.4 Å². The summed E-state index contributed by atoms with van der Waals surface area (Å²) in [6.45, 7) is 0.400. The van der Waals surface area contributed by atoms with E-state index < -0.39 is 64.7 Å². The molecule has 0 aromatic heterocycles. The lowest BCUT2D eigenvalue weighted by Gasteiger charge is -2.20. The monoisotopic (exact) mass is 578 g/mol. The molecule has 0 radical (unpaired) electrons. The van der Waals surface area contributed by atoms with Gasteiger partial charge in [0.1, 0.15) is 28.8 Å². The lowest BCUT2D eigenvalue weighted by Crippen LogP contribution is -2.25. The van der Waals surface area contributed by atoms with E-state index in [4.69, 9.17) is 0 Å². The molecule has 0 N–H and O–H groups in total. The molecule has 0 fully saturated rings. The van der Waals surface area contributed by atoms with Crippen molar-refractivity contribution in [1.82, 2.24) is 0 Å². The number of aryl methyl sites for hydroxylation is 1. The highest BCUT2D eigenvalue weighted by Crippen LogP contribution is 2.38. The third-order valence-corrected chi connectivity index (χ3v) is 6.15. The van der Waals surface area contributed by atoms with Gasteiger partial charge in [-0.3, -0.25) is 0 Å². The van der Waals surface area contributed by atoms with Crippen molar-refractivity contribution in [3.05, 3.63) is 119 Å². The number of alkyl halides is 3. The summed E-state index contributed by atoms with van der Waals surface area (Å²) in [5.41, 5.74) is -1.03. The maximum Gasteiger partial charge on any atom is 0.432 e. The number of hydrogen-bond acceptors (Lipinski definition) is 2. The first-order valence-electron chi connectivity index (χ1n) is 12.3. The summed E-state index contributed by atoms with van der Waals surface area (Å²) >= 11 is 0. The maximum absolute atomic E-state index is 14.9. The Morgan fingerprint density at radius 2 is 1.32 bits per heavy atom. The molecular weight excluding hydrogens is 556 g/mol. The van der Waals surface area contributed by atoms with Gasteiger partial charge in [-0.2, -0.15) is 8.78 Å². The van der Waals surface area contributed by atoms with Crippen molar-refractivity contribution < 1.29 is 44.6 Å². The molecule has 0 aliphatic rings. The highest BCUT2D eigenvalue weighted by Gasteiger charge is 2.41. The van der Waals surface area contributed by atoms with Crippen LogP contribution in [-0.2, 0) is 12.5 Å². The van der Waals surface area contributed by atoms with Crippen LogP contribution >= 0.6 is 0 Å². The maximum atomic E-state index is 14.9. The highest BCUT2D eigenvalue weighted by atomic mass is 19.3. The van der Waals surface area contributed by atoms with Gasteiger partial charge in [0.25, 0.3) is 0 Å². The molecule has 0 atom stereocenters. The van der Waals surface area contributed by atoms with E-state index in [1.165, 1.54) is 0 Å². The van der Waals surface area contributed by atoms with Gasteiger partial charge in [-0.25, -0.2) is 26.3 Å². The van der Waals surface area contributed by atoms with E-state index >= 15 is 0 Å². The molecule has 0 saturated heterocycles. The SMILES string of the molecule is C/C=C/CCc1ccc(-c2cc(F)c(C(F)(F)Oc3ccc(-c4cc(F)c(OCF)c(F)c4)c(F)c3)c(F)c2)cc1. The average molecular weight is 578 g/mol. The second-order valence-corrected chi connectivity index (χ2v) is 8.90. The molecule has 0 heterocycles. The zero-order valence-electron chi connectivity index (χ0n) is 21.5. The lowest BCUT2D eigenvalue weighted by molar-refractivity contribution is -0.189. The van der Waals surface area contributed by atoms with E-state index in [0.29, 0.717) is 23.8 Å². The predicted octanol–water partition coefficient (Wildman–Crippen LogP) is 9.66. The second-order valence-electron chi connectivity index (χ2n) is 8.90. The summed E-state index contributed by atoms with van der Waals surface area (Å²) in [6.07, 6.45) is 0.936. The number of ether oxygens (including phenoxy) is 2. The minimum atomic E-state index is -4.55. The van der Waals surface area contributed by atoms with E-state index in [1.807, 2.05) is 19.1 Å². The summed E-state index contributed by atoms with van der Waals surface area (Å²) in [4.78, 5) is 0. The Kier molecular flexibility index (Phi) is 9.00. The Hall–Kier alpha value is -4.34. The van der Waals surface area contributed by atoms with Crippen LogP contribution in [0.15, 0.2) is 78.9 Å². The van der Waals surface area contributed by atoms with Crippen LogP contribution in [0.2, 0.25) is 0 Å². The zero-order valence-corrected chi connectivity index (χ0v) is 21.5. The third-order valence-electron chi connectivity index (χ3n) is 6.15.